The smallest absolute Gasteiger partial charge is 0.407 e. The number of amides is 1. The van der Waals surface area contributed by atoms with Gasteiger partial charge in [-0.1, -0.05) is 6.08 Å². The highest BCUT2D eigenvalue weighted by atomic mass is 16.6. The minimum Gasteiger partial charge on any atom is -0.468 e. The molecular formula is C16H28N2O5. The van der Waals surface area contributed by atoms with E-state index < -0.39 is 29.4 Å². The van der Waals surface area contributed by atoms with Crippen LogP contribution < -0.4 is 5.32 Å². The fourth-order valence-corrected chi connectivity index (χ4v) is 2.88. The summed E-state index contributed by atoms with van der Waals surface area (Å²) in [4.78, 5) is 25.6. The Morgan fingerprint density at radius 1 is 1.48 bits per heavy atom. The molecule has 1 rings (SSSR count). The van der Waals surface area contributed by atoms with Crippen LogP contribution >= 0.6 is 0 Å². The van der Waals surface area contributed by atoms with E-state index in [-0.39, 0.29) is 6.54 Å². The van der Waals surface area contributed by atoms with Crippen LogP contribution in [-0.2, 0) is 14.3 Å². The lowest BCUT2D eigenvalue weighted by molar-refractivity contribution is -0.160. The third-order valence-electron chi connectivity index (χ3n) is 3.77. The molecule has 0 radical (unpaired) electrons. The summed E-state index contributed by atoms with van der Waals surface area (Å²) in [5, 5.41) is 12.9. The summed E-state index contributed by atoms with van der Waals surface area (Å²) in [6.07, 6.45) is 1.74. The van der Waals surface area contributed by atoms with Crippen LogP contribution in [-0.4, -0.2) is 59.6 Å². The lowest BCUT2D eigenvalue weighted by Crippen LogP contribution is -2.57. The molecule has 1 fully saturated rings. The van der Waals surface area contributed by atoms with Gasteiger partial charge in [0.2, 0.25) is 0 Å². The Labute approximate surface area is 137 Å². The monoisotopic (exact) mass is 328 g/mol. The van der Waals surface area contributed by atoms with Gasteiger partial charge in [0.25, 0.3) is 0 Å². The summed E-state index contributed by atoms with van der Waals surface area (Å²) in [5.74, 6) is -0.397. The molecule has 2 unspecified atom stereocenters. The van der Waals surface area contributed by atoms with Crippen LogP contribution in [0, 0.1) is 0 Å². The molecule has 1 aliphatic heterocycles. The Morgan fingerprint density at radius 2 is 2.13 bits per heavy atom. The second-order valence-electron chi connectivity index (χ2n) is 6.68. The van der Waals surface area contributed by atoms with Crippen molar-refractivity contribution in [3.63, 3.8) is 0 Å². The van der Waals surface area contributed by atoms with Crippen LogP contribution in [0.5, 0.6) is 0 Å². The van der Waals surface area contributed by atoms with E-state index in [1.54, 1.807) is 31.7 Å². The van der Waals surface area contributed by atoms with Crippen molar-refractivity contribution in [3.05, 3.63) is 12.7 Å². The number of esters is 1. The zero-order valence-corrected chi connectivity index (χ0v) is 14.4. The van der Waals surface area contributed by atoms with Crippen LogP contribution in [0.4, 0.5) is 4.79 Å². The SMILES string of the molecule is C=CCC1(C(=O)OC)CCCN1C(O)CNC(=O)OC(C)(C)C. The molecule has 0 aromatic carbocycles. The van der Waals surface area contributed by atoms with Crippen molar-refractivity contribution < 1.29 is 24.2 Å². The van der Waals surface area contributed by atoms with Crippen LogP contribution in [0.3, 0.4) is 0 Å². The van der Waals surface area contributed by atoms with E-state index in [1.165, 1.54) is 7.11 Å². The Kier molecular flexibility index (Phi) is 6.58. The average Bonchev–Trinajstić information content (AvgIpc) is 2.87. The van der Waals surface area contributed by atoms with Crippen molar-refractivity contribution in [1.82, 2.24) is 10.2 Å². The minimum absolute atomic E-state index is 0.0369. The van der Waals surface area contributed by atoms with Crippen LogP contribution in [0.25, 0.3) is 0 Å². The predicted octanol–water partition coefficient (Wildman–Crippen LogP) is 1.41. The van der Waals surface area contributed by atoms with Gasteiger partial charge in [-0.15, -0.1) is 6.58 Å². The van der Waals surface area contributed by atoms with E-state index in [0.29, 0.717) is 19.4 Å². The Morgan fingerprint density at radius 3 is 2.65 bits per heavy atom. The number of alkyl carbamates (subject to hydrolysis) is 1. The van der Waals surface area contributed by atoms with E-state index in [0.717, 1.165) is 6.42 Å². The van der Waals surface area contributed by atoms with Gasteiger partial charge in [-0.05, 0) is 40.0 Å². The minimum atomic E-state index is -1.01. The maximum atomic E-state index is 12.2. The van der Waals surface area contributed by atoms with Gasteiger partial charge in [0.1, 0.15) is 17.4 Å². The Bertz CT molecular complexity index is 446. The second kappa shape index (κ2) is 7.79. The lowest BCUT2D eigenvalue weighted by Gasteiger charge is -2.38. The molecule has 7 nitrogen and oxygen atoms in total. The molecule has 0 aromatic heterocycles. The van der Waals surface area contributed by atoms with Crippen molar-refractivity contribution in [2.75, 3.05) is 20.2 Å². The topological polar surface area (TPSA) is 88.1 Å². The second-order valence-corrected chi connectivity index (χ2v) is 6.68. The molecule has 132 valence electrons. The van der Waals surface area contributed by atoms with E-state index in [1.807, 2.05) is 0 Å². The van der Waals surface area contributed by atoms with Gasteiger partial charge in [0.05, 0.1) is 13.7 Å². The van der Waals surface area contributed by atoms with Crippen LogP contribution in [0.1, 0.15) is 40.0 Å². The van der Waals surface area contributed by atoms with Crippen molar-refractivity contribution in [2.45, 2.75) is 57.4 Å². The molecule has 0 spiro atoms. The summed E-state index contributed by atoms with van der Waals surface area (Å²) in [7, 11) is 1.33. The van der Waals surface area contributed by atoms with E-state index in [9.17, 15) is 14.7 Å². The summed E-state index contributed by atoms with van der Waals surface area (Å²) in [5.41, 5.74) is -1.53. The number of ether oxygens (including phenoxy) is 2. The number of carbonyl (C=O) groups is 2. The van der Waals surface area contributed by atoms with Gasteiger partial charge in [0, 0.05) is 6.54 Å². The number of hydrogen-bond donors (Lipinski definition) is 2. The maximum Gasteiger partial charge on any atom is 0.407 e. The summed E-state index contributed by atoms with van der Waals surface area (Å²) >= 11 is 0. The first-order valence-electron chi connectivity index (χ1n) is 7.77. The first-order valence-corrected chi connectivity index (χ1v) is 7.77. The highest BCUT2D eigenvalue weighted by Crippen LogP contribution is 2.35. The predicted molar refractivity (Wildman–Crippen MR) is 85.7 cm³/mol. The van der Waals surface area contributed by atoms with E-state index in [2.05, 4.69) is 11.9 Å². The molecule has 2 atom stereocenters. The fourth-order valence-electron chi connectivity index (χ4n) is 2.88. The Balaban J connectivity index is 2.73. The lowest BCUT2D eigenvalue weighted by atomic mass is 9.91. The molecule has 0 saturated carbocycles. The fraction of sp³-hybridized carbons (Fsp3) is 0.750. The molecule has 23 heavy (non-hydrogen) atoms. The van der Waals surface area contributed by atoms with Gasteiger partial charge in [-0.3, -0.25) is 9.69 Å². The van der Waals surface area contributed by atoms with Gasteiger partial charge in [0.15, 0.2) is 0 Å². The normalized spacial score (nSPS) is 23.2. The standard InChI is InChI=1S/C16H28N2O5/c1-6-8-16(13(20)22-5)9-7-10-18(16)12(19)11-17-14(21)23-15(2,3)4/h6,12,19H,1,7-11H2,2-5H3,(H,17,21). The quantitative estimate of drug-likeness (QED) is 0.566. The van der Waals surface area contributed by atoms with Gasteiger partial charge < -0.3 is 19.9 Å². The van der Waals surface area contributed by atoms with E-state index >= 15 is 0 Å². The first kappa shape index (κ1) is 19.4. The maximum absolute atomic E-state index is 12.2. The van der Waals surface area contributed by atoms with Crippen LogP contribution in [0.15, 0.2) is 12.7 Å². The molecule has 1 saturated heterocycles. The highest BCUT2D eigenvalue weighted by molar-refractivity contribution is 5.81. The van der Waals surface area contributed by atoms with Crippen LogP contribution in [0.2, 0.25) is 0 Å². The zero-order chi connectivity index (χ0) is 17.7. The number of aliphatic hydroxyl groups is 1. The summed E-state index contributed by atoms with van der Waals surface area (Å²) in [6, 6.07) is 0. The molecule has 1 heterocycles. The number of rotatable bonds is 6. The molecule has 0 bridgehead atoms. The molecule has 1 aliphatic rings. The number of nitrogens with zero attached hydrogens (tertiary/aromatic N) is 1. The Hall–Kier alpha value is -1.60. The van der Waals surface area contributed by atoms with Crippen molar-refractivity contribution in [3.8, 4) is 0 Å². The third kappa shape index (κ3) is 4.94. The molecule has 1 amide bonds. The molecule has 2 N–H and O–H groups in total. The molecule has 0 aliphatic carbocycles. The number of carbonyl (C=O) groups excluding carboxylic acids is 2. The number of aliphatic hydroxyl groups excluding tert-OH is 1. The number of likely N-dealkylation sites (tertiary alicyclic amines) is 1. The number of nitrogens with one attached hydrogen (secondary N) is 1. The highest BCUT2D eigenvalue weighted by Gasteiger charge is 2.49. The summed E-state index contributed by atoms with van der Waals surface area (Å²) < 4.78 is 10.0. The van der Waals surface area contributed by atoms with Gasteiger partial charge in [-0.2, -0.15) is 0 Å². The third-order valence-corrected chi connectivity index (χ3v) is 3.77. The van der Waals surface area contributed by atoms with E-state index in [4.69, 9.17) is 9.47 Å². The molecular weight excluding hydrogens is 300 g/mol. The van der Waals surface area contributed by atoms with Gasteiger partial charge in [-0.25, -0.2) is 4.79 Å². The summed E-state index contributed by atoms with van der Waals surface area (Å²) in [6.45, 7) is 9.47. The van der Waals surface area contributed by atoms with Crippen molar-refractivity contribution in [2.24, 2.45) is 0 Å². The number of methoxy groups -OCH3 is 1. The first-order chi connectivity index (χ1) is 10.7. The molecule has 7 heteroatoms. The zero-order valence-electron chi connectivity index (χ0n) is 14.4. The largest absolute Gasteiger partial charge is 0.468 e. The number of hydrogen-bond acceptors (Lipinski definition) is 6. The van der Waals surface area contributed by atoms with Crippen molar-refractivity contribution >= 4 is 12.1 Å². The van der Waals surface area contributed by atoms with Crippen molar-refractivity contribution in [1.29, 1.82) is 0 Å². The molecule has 0 aromatic rings. The average molecular weight is 328 g/mol. The van der Waals surface area contributed by atoms with Gasteiger partial charge >= 0.3 is 12.1 Å².